The highest BCUT2D eigenvalue weighted by Crippen LogP contribution is 2.09. The summed E-state index contributed by atoms with van der Waals surface area (Å²) in [6.07, 6.45) is 3.25. The van der Waals surface area contributed by atoms with Crippen molar-refractivity contribution in [3.05, 3.63) is 36.7 Å². The third-order valence-electron chi connectivity index (χ3n) is 3.75. The molecule has 0 radical (unpaired) electrons. The summed E-state index contributed by atoms with van der Waals surface area (Å²) in [5, 5.41) is 0. The van der Waals surface area contributed by atoms with Crippen molar-refractivity contribution >= 4 is 17.2 Å². The molecular formula is C18H28N6O2. The third-order valence-corrected chi connectivity index (χ3v) is 3.75. The zero-order valence-corrected chi connectivity index (χ0v) is 15.5. The maximum absolute atomic E-state index is 5.53. The van der Waals surface area contributed by atoms with Gasteiger partial charge in [-0.3, -0.25) is 4.90 Å². The number of rotatable bonds is 5. The number of aromatic nitrogens is 2. The lowest BCUT2D eigenvalue weighted by molar-refractivity contribution is 0.0320. The number of hydrogen-bond donors (Lipinski definition) is 2. The molecule has 1 aliphatic rings. The van der Waals surface area contributed by atoms with Gasteiger partial charge in [0.1, 0.15) is 12.4 Å². The van der Waals surface area contributed by atoms with Crippen molar-refractivity contribution in [2.24, 2.45) is 0 Å². The Labute approximate surface area is 154 Å². The van der Waals surface area contributed by atoms with E-state index >= 15 is 0 Å². The van der Waals surface area contributed by atoms with Gasteiger partial charge < -0.3 is 25.8 Å². The fourth-order valence-corrected chi connectivity index (χ4v) is 2.24. The molecule has 142 valence electrons. The average molecular weight is 360 g/mol. The minimum absolute atomic E-state index is 0.627. The Balaban J connectivity index is 0.000000209. The van der Waals surface area contributed by atoms with Crippen LogP contribution in [0.5, 0.6) is 5.88 Å². The predicted molar refractivity (Wildman–Crippen MR) is 104 cm³/mol. The van der Waals surface area contributed by atoms with E-state index in [0.717, 1.165) is 38.7 Å². The van der Waals surface area contributed by atoms with Crippen molar-refractivity contribution in [3.63, 3.8) is 0 Å². The first-order valence-electron chi connectivity index (χ1n) is 8.58. The molecule has 3 rings (SSSR count). The monoisotopic (exact) mass is 360 g/mol. The summed E-state index contributed by atoms with van der Waals surface area (Å²) in [7, 11) is 3.89. The molecule has 2 aromatic rings. The molecule has 0 bridgehead atoms. The highest BCUT2D eigenvalue weighted by Gasteiger charge is 2.09. The van der Waals surface area contributed by atoms with E-state index in [4.69, 9.17) is 20.9 Å². The molecule has 0 atom stereocenters. The second kappa shape index (κ2) is 10.4. The summed E-state index contributed by atoms with van der Waals surface area (Å²) in [5.74, 6) is 1.55. The maximum atomic E-state index is 5.53. The molecule has 1 saturated heterocycles. The van der Waals surface area contributed by atoms with Crippen LogP contribution in [0.25, 0.3) is 0 Å². The van der Waals surface area contributed by atoms with Crippen molar-refractivity contribution in [3.8, 4) is 5.88 Å². The molecule has 0 aromatic carbocycles. The molecule has 2 aromatic heterocycles. The van der Waals surface area contributed by atoms with E-state index in [1.807, 2.05) is 31.1 Å². The van der Waals surface area contributed by atoms with Gasteiger partial charge in [-0.15, -0.1) is 0 Å². The molecule has 1 aliphatic heterocycles. The first kappa shape index (κ1) is 19.7. The number of pyridine rings is 2. The van der Waals surface area contributed by atoms with E-state index in [2.05, 4.69) is 14.9 Å². The molecule has 0 amide bonds. The molecule has 26 heavy (non-hydrogen) atoms. The van der Waals surface area contributed by atoms with Crippen molar-refractivity contribution in [1.82, 2.24) is 14.9 Å². The van der Waals surface area contributed by atoms with Crippen LogP contribution in [0, 0.1) is 0 Å². The minimum atomic E-state index is 0.627. The van der Waals surface area contributed by atoms with Crippen LogP contribution in [0.4, 0.5) is 17.2 Å². The van der Waals surface area contributed by atoms with E-state index in [0.29, 0.717) is 23.9 Å². The fourth-order valence-electron chi connectivity index (χ4n) is 2.24. The number of nitrogens with zero attached hydrogens (tertiary/aromatic N) is 4. The van der Waals surface area contributed by atoms with Crippen LogP contribution in [0.3, 0.4) is 0 Å². The van der Waals surface area contributed by atoms with Crippen molar-refractivity contribution in [2.75, 3.05) is 69.9 Å². The van der Waals surface area contributed by atoms with Gasteiger partial charge in [0.2, 0.25) is 5.88 Å². The van der Waals surface area contributed by atoms with Gasteiger partial charge in [-0.25, -0.2) is 9.97 Å². The molecule has 0 saturated carbocycles. The standard InChI is InChI=1S/C11H17N3O2.C7H11N3/c12-10-1-2-11(13-9-10)16-8-5-14-3-6-15-7-4-14;1-10(2)7-4-3-6(8)5-9-7/h1-2,9H,3-8,12H2;3-5H,8H2,1-2H3. The van der Waals surface area contributed by atoms with Gasteiger partial charge in [0, 0.05) is 39.8 Å². The van der Waals surface area contributed by atoms with E-state index < -0.39 is 0 Å². The largest absolute Gasteiger partial charge is 0.476 e. The Morgan fingerprint density at radius 2 is 1.69 bits per heavy atom. The molecule has 4 N–H and O–H groups in total. The number of hydrogen-bond acceptors (Lipinski definition) is 8. The molecule has 0 unspecified atom stereocenters. The van der Waals surface area contributed by atoms with Crippen molar-refractivity contribution in [2.45, 2.75) is 0 Å². The topological polar surface area (TPSA) is 103 Å². The minimum Gasteiger partial charge on any atom is -0.476 e. The zero-order chi connectivity index (χ0) is 18.8. The van der Waals surface area contributed by atoms with E-state index in [1.165, 1.54) is 0 Å². The van der Waals surface area contributed by atoms with Gasteiger partial charge in [-0.05, 0) is 18.2 Å². The van der Waals surface area contributed by atoms with Gasteiger partial charge in [-0.1, -0.05) is 0 Å². The molecule has 8 nitrogen and oxygen atoms in total. The quantitative estimate of drug-likeness (QED) is 0.817. The van der Waals surface area contributed by atoms with Crippen LogP contribution in [0.2, 0.25) is 0 Å². The first-order chi connectivity index (χ1) is 12.5. The normalized spacial score (nSPS) is 14.2. The molecule has 3 heterocycles. The summed E-state index contributed by atoms with van der Waals surface area (Å²) in [6.45, 7) is 5.17. The lowest BCUT2D eigenvalue weighted by atomic mass is 10.4. The Hall–Kier alpha value is -2.58. The number of morpholine rings is 1. The van der Waals surface area contributed by atoms with Crippen LogP contribution in [-0.4, -0.2) is 68.4 Å². The second-order valence-electron chi connectivity index (χ2n) is 6.08. The van der Waals surface area contributed by atoms with Gasteiger partial charge in [-0.2, -0.15) is 0 Å². The Bertz CT molecular complexity index is 627. The Morgan fingerprint density at radius 3 is 2.23 bits per heavy atom. The van der Waals surface area contributed by atoms with E-state index in [9.17, 15) is 0 Å². The summed E-state index contributed by atoms with van der Waals surface area (Å²) in [5.41, 5.74) is 12.3. The number of anilines is 3. The number of ether oxygens (including phenoxy) is 2. The SMILES string of the molecule is CN(C)c1ccc(N)cn1.Nc1ccc(OCCN2CCOCC2)nc1. The van der Waals surface area contributed by atoms with E-state index in [-0.39, 0.29) is 0 Å². The van der Waals surface area contributed by atoms with Crippen LogP contribution in [0.15, 0.2) is 36.7 Å². The Kier molecular flexibility index (Phi) is 7.91. The van der Waals surface area contributed by atoms with Crippen LogP contribution in [0.1, 0.15) is 0 Å². The van der Waals surface area contributed by atoms with Gasteiger partial charge >= 0.3 is 0 Å². The van der Waals surface area contributed by atoms with Crippen LogP contribution < -0.4 is 21.1 Å². The second-order valence-corrected chi connectivity index (χ2v) is 6.08. The predicted octanol–water partition coefficient (Wildman–Crippen LogP) is 1.10. The van der Waals surface area contributed by atoms with E-state index in [1.54, 1.807) is 24.5 Å². The van der Waals surface area contributed by atoms with Crippen LogP contribution in [-0.2, 0) is 4.74 Å². The van der Waals surface area contributed by atoms with Gasteiger partial charge in [0.25, 0.3) is 0 Å². The van der Waals surface area contributed by atoms with Gasteiger partial charge in [0.15, 0.2) is 0 Å². The lowest BCUT2D eigenvalue weighted by Gasteiger charge is -2.26. The summed E-state index contributed by atoms with van der Waals surface area (Å²) >= 11 is 0. The fraction of sp³-hybridized carbons (Fsp3) is 0.444. The van der Waals surface area contributed by atoms with Crippen LogP contribution >= 0.6 is 0 Å². The lowest BCUT2D eigenvalue weighted by Crippen LogP contribution is -2.38. The molecule has 0 aliphatic carbocycles. The zero-order valence-electron chi connectivity index (χ0n) is 15.5. The number of nitrogens with two attached hydrogens (primary N) is 2. The van der Waals surface area contributed by atoms with Gasteiger partial charge in [0.05, 0.1) is 37.0 Å². The number of nitrogen functional groups attached to an aromatic ring is 2. The summed E-state index contributed by atoms with van der Waals surface area (Å²) in [6, 6.07) is 7.30. The third kappa shape index (κ3) is 7.12. The molecule has 8 heteroatoms. The van der Waals surface area contributed by atoms with Crippen molar-refractivity contribution < 1.29 is 9.47 Å². The van der Waals surface area contributed by atoms with Crippen molar-refractivity contribution in [1.29, 1.82) is 0 Å². The maximum Gasteiger partial charge on any atom is 0.213 e. The summed E-state index contributed by atoms with van der Waals surface area (Å²) < 4.78 is 10.8. The highest BCUT2D eigenvalue weighted by atomic mass is 16.5. The highest BCUT2D eigenvalue weighted by molar-refractivity contribution is 5.44. The molecule has 0 spiro atoms. The summed E-state index contributed by atoms with van der Waals surface area (Å²) in [4.78, 5) is 12.4. The average Bonchev–Trinajstić information content (AvgIpc) is 2.65. The first-order valence-corrected chi connectivity index (χ1v) is 8.58. The molecule has 1 fully saturated rings. The Morgan fingerprint density at radius 1 is 1.04 bits per heavy atom. The molecular weight excluding hydrogens is 332 g/mol. The smallest absolute Gasteiger partial charge is 0.213 e.